The molecule has 1 amide bonds. The van der Waals surface area contributed by atoms with E-state index in [1.165, 1.54) is 12.1 Å². The summed E-state index contributed by atoms with van der Waals surface area (Å²) in [5, 5.41) is 2.87. The highest BCUT2D eigenvalue weighted by Gasteiger charge is 2.17. The molecule has 1 aromatic carbocycles. The van der Waals surface area contributed by atoms with Crippen LogP contribution in [0.4, 0.5) is 4.39 Å². The molecule has 1 unspecified atom stereocenters. The summed E-state index contributed by atoms with van der Waals surface area (Å²) < 4.78 is 12.7. The van der Waals surface area contributed by atoms with Crippen LogP contribution in [0.25, 0.3) is 0 Å². The number of carbonyl (C=O) groups is 1. The topological polar surface area (TPSA) is 29.1 Å². The van der Waals surface area contributed by atoms with Crippen LogP contribution in [0.3, 0.4) is 0 Å². The molecular weight excluding hydrogens is 205 g/mol. The highest BCUT2D eigenvalue weighted by atomic mass is 19.1. The first-order valence-electron chi connectivity index (χ1n) is 5.75. The first-order chi connectivity index (χ1) is 7.74. The van der Waals surface area contributed by atoms with E-state index in [2.05, 4.69) is 5.32 Å². The van der Waals surface area contributed by atoms with Crippen LogP contribution in [-0.2, 0) is 11.2 Å². The van der Waals surface area contributed by atoms with Crippen molar-refractivity contribution < 1.29 is 9.18 Å². The molecule has 1 N–H and O–H groups in total. The van der Waals surface area contributed by atoms with E-state index in [1.54, 1.807) is 12.1 Å². The fourth-order valence-corrected chi connectivity index (χ4v) is 2.18. The number of rotatable bonds is 2. The summed E-state index contributed by atoms with van der Waals surface area (Å²) in [5.74, 6) is 0.333. The Morgan fingerprint density at radius 1 is 1.31 bits per heavy atom. The van der Waals surface area contributed by atoms with E-state index in [0.29, 0.717) is 12.3 Å². The summed E-state index contributed by atoms with van der Waals surface area (Å²) in [6.45, 7) is 0.790. The van der Waals surface area contributed by atoms with E-state index in [9.17, 15) is 9.18 Å². The Hall–Kier alpha value is -1.38. The fraction of sp³-hybridized carbons (Fsp3) is 0.462. The molecule has 0 spiro atoms. The van der Waals surface area contributed by atoms with E-state index >= 15 is 0 Å². The zero-order valence-corrected chi connectivity index (χ0v) is 9.21. The molecule has 1 saturated heterocycles. The largest absolute Gasteiger partial charge is 0.356 e. The number of nitrogens with one attached hydrogen (secondary N) is 1. The molecule has 0 aliphatic carbocycles. The third-order valence-electron chi connectivity index (χ3n) is 3.02. The number of carbonyl (C=O) groups excluding carboxylic acids is 1. The van der Waals surface area contributed by atoms with Crippen molar-refractivity contribution in [2.75, 3.05) is 6.54 Å². The zero-order valence-electron chi connectivity index (χ0n) is 9.21. The first kappa shape index (κ1) is 11.1. The molecule has 1 aliphatic rings. The molecule has 0 bridgehead atoms. The van der Waals surface area contributed by atoms with E-state index in [-0.39, 0.29) is 11.7 Å². The Morgan fingerprint density at radius 3 is 2.81 bits per heavy atom. The Morgan fingerprint density at radius 2 is 2.06 bits per heavy atom. The van der Waals surface area contributed by atoms with Gasteiger partial charge in [0.2, 0.25) is 5.91 Å². The van der Waals surface area contributed by atoms with Gasteiger partial charge in [-0.1, -0.05) is 12.1 Å². The first-order valence-corrected chi connectivity index (χ1v) is 5.75. The molecule has 0 saturated carbocycles. The minimum Gasteiger partial charge on any atom is -0.356 e. The van der Waals surface area contributed by atoms with Gasteiger partial charge in [-0.2, -0.15) is 0 Å². The van der Waals surface area contributed by atoms with Gasteiger partial charge in [0.15, 0.2) is 0 Å². The van der Waals surface area contributed by atoms with Crippen LogP contribution >= 0.6 is 0 Å². The quantitative estimate of drug-likeness (QED) is 0.815. The Kier molecular flexibility index (Phi) is 3.54. The van der Waals surface area contributed by atoms with Gasteiger partial charge in [0, 0.05) is 13.0 Å². The van der Waals surface area contributed by atoms with E-state index < -0.39 is 0 Å². The number of amides is 1. The maximum Gasteiger partial charge on any atom is 0.220 e. The SMILES string of the molecule is O=C1CC(Cc2ccc(F)cc2)CCCN1. The Balaban J connectivity index is 1.97. The van der Waals surface area contributed by atoms with Crippen molar-refractivity contribution in [2.24, 2.45) is 5.92 Å². The predicted octanol–water partition coefficient (Wildman–Crippen LogP) is 2.28. The minimum atomic E-state index is -0.206. The van der Waals surface area contributed by atoms with Gasteiger partial charge >= 0.3 is 0 Å². The van der Waals surface area contributed by atoms with Crippen LogP contribution in [0.5, 0.6) is 0 Å². The molecule has 16 heavy (non-hydrogen) atoms. The minimum absolute atomic E-state index is 0.143. The predicted molar refractivity (Wildman–Crippen MR) is 60.5 cm³/mol. The van der Waals surface area contributed by atoms with Gasteiger partial charge in [-0.15, -0.1) is 0 Å². The molecule has 1 atom stereocenters. The Labute approximate surface area is 94.9 Å². The monoisotopic (exact) mass is 221 g/mol. The molecule has 1 aromatic rings. The van der Waals surface area contributed by atoms with Crippen LogP contribution in [-0.4, -0.2) is 12.5 Å². The molecule has 1 heterocycles. The summed E-state index contributed by atoms with van der Waals surface area (Å²) in [4.78, 5) is 11.4. The van der Waals surface area contributed by atoms with Gasteiger partial charge < -0.3 is 5.32 Å². The summed E-state index contributed by atoms with van der Waals surface area (Å²) >= 11 is 0. The van der Waals surface area contributed by atoms with Crippen molar-refractivity contribution in [3.05, 3.63) is 35.6 Å². The number of benzene rings is 1. The second kappa shape index (κ2) is 5.10. The maximum atomic E-state index is 12.7. The van der Waals surface area contributed by atoms with E-state index in [0.717, 1.165) is 31.4 Å². The van der Waals surface area contributed by atoms with Gasteiger partial charge in [0.25, 0.3) is 0 Å². The van der Waals surface area contributed by atoms with Gasteiger partial charge in [0.05, 0.1) is 0 Å². The lowest BCUT2D eigenvalue weighted by Crippen LogP contribution is -2.22. The van der Waals surface area contributed by atoms with Crippen molar-refractivity contribution in [3.8, 4) is 0 Å². The molecule has 2 rings (SSSR count). The molecule has 3 heteroatoms. The fourth-order valence-electron chi connectivity index (χ4n) is 2.18. The molecule has 1 fully saturated rings. The molecule has 1 aliphatic heterocycles. The van der Waals surface area contributed by atoms with Crippen molar-refractivity contribution in [2.45, 2.75) is 25.7 Å². The van der Waals surface area contributed by atoms with E-state index in [1.807, 2.05) is 0 Å². The number of halogens is 1. The summed E-state index contributed by atoms with van der Waals surface area (Å²) in [6, 6.07) is 6.56. The second-order valence-electron chi connectivity index (χ2n) is 4.39. The molecule has 0 aromatic heterocycles. The Bertz CT molecular complexity index is 361. The van der Waals surface area contributed by atoms with E-state index in [4.69, 9.17) is 0 Å². The van der Waals surface area contributed by atoms with Gasteiger partial charge in [-0.3, -0.25) is 4.79 Å². The van der Waals surface area contributed by atoms with Crippen LogP contribution in [0, 0.1) is 11.7 Å². The maximum absolute atomic E-state index is 12.7. The smallest absolute Gasteiger partial charge is 0.220 e. The average molecular weight is 221 g/mol. The third kappa shape index (κ3) is 3.05. The van der Waals surface area contributed by atoms with Gasteiger partial charge in [0.1, 0.15) is 5.82 Å². The normalized spacial score (nSPS) is 21.3. The summed E-state index contributed by atoms with van der Waals surface area (Å²) in [6.07, 6.45) is 3.57. The van der Waals surface area contributed by atoms with Gasteiger partial charge in [-0.25, -0.2) is 4.39 Å². The van der Waals surface area contributed by atoms with Crippen molar-refractivity contribution >= 4 is 5.91 Å². The lowest BCUT2D eigenvalue weighted by atomic mass is 9.92. The summed E-state index contributed by atoms with van der Waals surface area (Å²) in [7, 11) is 0. The third-order valence-corrected chi connectivity index (χ3v) is 3.02. The standard InChI is InChI=1S/C13H16FNO/c14-12-5-3-10(4-6-12)8-11-2-1-7-15-13(16)9-11/h3-6,11H,1-2,7-9H2,(H,15,16). The lowest BCUT2D eigenvalue weighted by Gasteiger charge is -2.12. The second-order valence-corrected chi connectivity index (χ2v) is 4.39. The van der Waals surface area contributed by atoms with Crippen molar-refractivity contribution in [3.63, 3.8) is 0 Å². The highest BCUT2D eigenvalue weighted by Crippen LogP contribution is 2.19. The van der Waals surface area contributed by atoms with Crippen molar-refractivity contribution in [1.82, 2.24) is 5.32 Å². The zero-order chi connectivity index (χ0) is 11.4. The van der Waals surface area contributed by atoms with Gasteiger partial charge in [-0.05, 0) is 42.9 Å². The lowest BCUT2D eigenvalue weighted by molar-refractivity contribution is -0.121. The van der Waals surface area contributed by atoms with Crippen LogP contribution in [0.2, 0.25) is 0 Å². The molecule has 86 valence electrons. The molecule has 0 radical (unpaired) electrons. The molecular formula is C13H16FNO. The molecule has 2 nitrogen and oxygen atoms in total. The average Bonchev–Trinajstić information content (AvgIpc) is 2.46. The summed E-state index contributed by atoms with van der Waals surface area (Å²) in [5.41, 5.74) is 1.11. The number of hydrogen-bond acceptors (Lipinski definition) is 1. The van der Waals surface area contributed by atoms with Crippen LogP contribution in [0.1, 0.15) is 24.8 Å². The highest BCUT2D eigenvalue weighted by molar-refractivity contribution is 5.76. The van der Waals surface area contributed by atoms with Crippen molar-refractivity contribution in [1.29, 1.82) is 0 Å². The van der Waals surface area contributed by atoms with Crippen LogP contribution < -0.4 is 5.32 Å². The number of hydrogen-bond donors (Lipinski definition) is 1. The van der Waals surface area contributed by atoms with Crippen LogP contribution in [0.15, 0.2) is 24.3 Å².